The molecule has 2 N–H and O–H groups in total. The number of nitrogens with one attached hydrogen (secondary N) is 1. The number of hydrogen-bond acceptors (Lipinski definition) is 5. The van der Waals surface area contributed by atoms with Crippen LogP contribution in [0.1, 0.15) is 25.8 Å². The molecule has 0 bridgehead atoms. The molecule has 0 spiro atoms. The summed E-state index contributed by atoms with van der Waals surface area (Å²) < 4.78 is 38.3. The normalized spacial score (nSPS) is 15.8. The van der Waals surface area contributed by atoms with E-state index < -0.39 is 16.1 Å². The number of hydrogen-bond donors (Lipinski definition) is 2. The molecule has 1 heterocycles. The van der Waals surface area contributed by atoms with Crippen LogP contribution >= 0.6 is 11.6 Å². The molecule has 24 heavy (non-hydrogen) atoms. The molecule has 0 aromatic heterocycles. The van der Waals surface area contributed by atoms with Crippen LogP contribution in [0, 0.1) is 5.92 Å². The Labute approximate surface area is 147 Å². The Morgan fingerprint density at radius 1 is 1.38 bits per heavy atom. The molecule has 1 unspecified atom stereocenters. The summed E-state index contributed by atoms with van der Waals surface area (Å²) in [6.07, 6.45) is 2.26. The first kappa shape index (κ1) is 19.1. The minimum atomic E-state index is -3.80. The van der Waals surface area contributed by atoms with Crippen molar-refractivity contribution in [1.82, 2.24) is 4.72 Å². The minimum absolute atomic E-state index is 0.116. The van der Waals surface area contributed by atoms with Crippen LogP contribution in [-0.2, 0) is 25.9 Å². The maximum Gasteiger partial charge on any atom is 0.241 e. The predicted octanol–water partition coefficient (Wildman–Crippen LogP) is 2.41. The zero-order valence-corrected chi connectivity index (χ0v) is 15.2. The van der Waals surface area contributed by atoms with Crippen LogP contribution < -0.4 is 4.72 Å². The minimum Gasteiger partial charge on any atom is -0.462 e. The number of aliphatic hydroxyl groups excluding tert-OH is 1. The van der Waals surface area contributed by atoms with Crippen molar-refractivity contribution in [3.05, 3.63) is 40.8 Å². The van der Waals surface area contributed by atoms with Crippen LogP contribution in [0.2, 0.25) is 5.02 Å². The van der Waals surface area contributed by atoms with Gasteiger partial charge in [-0.3, -0.25) is 0 Å². The van der Waals surface area contributed by atoms with Crippen molar-refractivity contribution in [2.45, 2.75) is 37.6 Å². The fraction of sp³-hybridized carbons (Fsp3) is 0.500. The van der Waals surface area contributed by atoms with Gasteiger partial charge in [0.1, 0.15) is 12.0 Å². The fourth-order valence-electron chi connectivity index (χ4n) is 2.51. The third kappa shape index (κ3) is 5.11. The van der Waals surface area contributed by atoms with Crippen molar-refractivity contribution >= 4 is 21.6 Å². The van der Waals surface area contributed by atoms with E-state index in [-0.39, 0.29) is 30.6 Å². The van der Waals surface area contributed by atoms with Crippen molar-refractivity contribution in [3.8, 4) is 0 Å². The van der Waals surface area contributed by atoms with Gasteiger partial charge in [-0.15, -0.1) is 0 Å². The SMILES string of the molecule is CC(C)CC(CO)NS(=O)(=O)c1ccc(Cl)cc1CC1=COCO1. The number of rotatable bonds is 8. The van der Waals surface area contributed by atoms with Gasteiger partial charge in [-0.25, -0.2) is 13.1 Å². The fourth-order valence-corrected chi connectivity index (χ4v) is 4.17. The first-order chi connectivity index (χ1) is 11.3. The second kappa shape index (κ2) is 8.20. The van der Waals surface area contributed by atoms with E-state index >= 15 is 0 Å². The summed E-state index contributed by atoms with van der Waals surface area (Å²) >= 11 is 6.01. The molecule has 1 aromatic carbocycles. The van der Waals surface area contributed by atoms with Crippen molar-refractivity contribution < 1.29 is 23.0 Å². The number of allylic oxidation sites excluding steroid dienone is 1. The molecule has 2 rings (SSSR count). The number of aliphatic hydroxyl groups is 1. The smallest absolute Gasteiger partial charge is 0.241 e. The van der Waals surface area contributed by atoms with Crippen LogP contribution in [0.4, 0.5) is 0 Å². The highest BCUT2D eigenvalue weighted by molar-refractivity contribution is 7.89. The average Bonchev–Trinajstić information content (AvgIpc) is 2.98. The molecular formula is C16H22ClNO5S. The molecule has 1 aliphatic heterocycles. The number of halogens is 1. The molecule has 0 saturated carbocycles. The third-order valence-corrected chi connectivity index (χ3v) is 5.36. The molecule has 0 amide bonds. The molecule has 134 valence electrons. The van der Waals surface area contributed by atoms with Gasteiger partial charge in [0.05, 0.1) is 11.5 Å². The standard InChI is InChI=1S/C16H22ClNO5S/c1-11(2)5-14(8-19)18-24(20,21)16-4-3-13(17)6-12(16)7-15-9-22-10-23-15/h3-4,6,9,11,14,18-19H,5,7-8,10H2,1-2H3. The monoisotopic (exact) mass is 375 g/mol. The van der Waals surface area contributed by atoms with E-state index in [2.05, 4.69) is 4.72 Å². The van der Waals surface area contributed by atoms with Crippen LogP contribution in [0.5, 0.6) is 0 Å². The summed E-state index contributed by atoms with van der Waals surface area (Å²) in [6, 6.07) is 4.04. The predicted molar refractivity (Wildman–Crippen MR) is 90.9 cm³/mol. The van der Waals surface area contributed by atoms with Gasteiger partial charge in [-0.1, -0.05) is 25.4 Å². The Balaban J connectivity index is 2.28. The number of ether oxygens (including phenoxy) is 2. The zero-order valence-electron chi connectivity index (χ0n) is 13.7. The van der Waals surface area contributed by atoms with E-state index in [1.807, 2.05) is 13.8 Å². The molecular weight excluding hydrogens is 354 g/mol. The second-order valence-electron chi connectivity index (χ2n) is 6.07. The first-order valence-electron chi connectivity index (χ1n) is 7.67. The van der Waals surface area contributed by atoms with E-state index in [4.69, 9.17) is 21.1 Å². The molecule has 8 heteroatoms. The lowest BCUT2D eigenvalue weighted by Gasteiger charge is -2.19. The van der Waals surface area contributed by atoms with Gasteiger partial charge in [-0.2, -0.15) is 0 Å². The summed E-state index contributed by atoms with van der Waals surface area (Å²) in [7, 11) is -3.80. The van der Waals surface area contributed by atoms with E-state index in [1.54, 1.807) is 6.07 Å². The van der Waals surface area contributed by atoms with E-state index in [0.717, 1.165) is 0 Å². The molecule has 6 nitrogen and oxygen atoms in total. The van der Waals surface area contributed by atoms with Crippen LogP contribution in [-0.4, -0.2) is 33.0 Å². The van der Waals surface area contributed by atoms with Gasteiger partial charge in [0, 0.05) is 17.5 Å². The summed E-state index contributed by atoms with van der Waals surface area (Å²) in [4.78, 5) is 0.116. The maximum atomic E-state index is 12.7. The first-order valence-corrected chi connectivity index (χ1v) is 9.53. The summed E-state index contributed by atoms with van der Waals surface area (Å²) in [6.45, 7) is 3.79. The summed E-state index contributed by atoms with van der Waals surface area (Å²) in [5, 5.41) is 9.87. The lowest BCUT2D eigenvalue weighted by atomic mass is 10.1. The highest BCUT2D eigenvalue weighted by atomic mass is 35.5. The van der Waals surface area contributed by atoms with Gasteiger partial charge < -0.3 is 14.6 Å². The third-order valence-electron chi connectivity index (χ3n) is 3.50. The molecule has 1 aromatic rings. The highest BCUT2D eigenvalue weighted by Gasteiger charge is 2.24. The quantitative estimate of drug-likeness (QED) is 0.728. The molecule has 1 aliphatic rings. The van der Waals surface area contributed by atoms with Gasteiger partial charge in [0.15, 0.2) is 0 Å². The van der Waals surface area contributed by atoms with Crippen molar-refractivity contribution in [2.75, 3.05) is 13.4 Å². The van der Waals surface area contributed by atoms with Gasteiger partial charge in [0.25, 0.3) is 0 Å². The molecule has 0 radical (unpaired) electrons. The Hall–Kier alpha value is -1.28. The van der Waals surface area contributed by atoms with E-state index in [0.29, 0.717) is 22.8 Å². The van der Waals surface area contributed by atoms with Crippen molar-refractivity contribution in [3.63, 3.8) is 0 Å². The van der Waals surface area contributed by atoms with Crippen LogP contribution in [0.15, 0.2) is 35.1 Å². The van der Waals surface area contributed by atoms with Crippen LogP contribution in [0.25, 0.3) is 0 Å². The van der Waals surface area contributed by atoms with Gasteiger partial charge >= 0.3 is 0 Å². The molecule has 1 atom stereocenters. The lowest BCUT2D eigenvalue weighted by Crippen LogP contribution is -2.38. The van der Waals surface area contributed by atoms with Crippen molar-refractivity contribution in [2.24, 2.45) is 5.92 Å². The Morgan fingerprint density at radius 3 is 2.71 bits per heavy atom. The average molecular weight is 376 g/mol. The number of sulfonamides is 1. The summed E-state index contributed by atoms with van der Waals surface area (Å²) in [5.74, 6) is 0.790. The second-order valence-corrected chi connectivity index (χ2v) is 8.19. The van der Waals surface area contributed by atoms with Gasteiger partial charge in [-0.05, 0) is 36.1 Å². The highest BCUT2D eigenvalue weighted by Crippen LogP contribution is 2.25. The lowest BCUT2D eigenvalue weighted by molar-refractivity contribution is 0.0790. The Morgan fingerprint density at radius 2 is 2.12 bits per heavy atom. The van der Waals surface area contributed by atoms with E-state index in [9.17, 15) is 13.5 Å². The van der Waals surface area contributed by atoms with Crippen LogP contribution in [0.3, 0.4) is 0 Å². The van der Waals surface area contributed by atoms with Crippen molar-refractivity contribution in [1.29, 1.82) is 0 Å². The summed E-state index contributed by atoms with van der Waals surface area (Å²) in [5.41, 5.74) is 0.507. The Bertz CT molecular complexity index is 702. The number of benzene rings is 1. The molecule has 0 aliphatic carbocycles. The molecule has 0 saturated heterocycles. The zero-order chi connectivity index (χ0) is 17.7. The van der Waals surface area contributed by atoms with E-state index in [1.165, 1.54) is 18.4 Å². The van der Waals surface area contributed by atoms with Gasteiger partial charge in [0.2, 0.25) is 16.8 Å². The maximum absolute atomic E-state index is 12.7. The topological polar surface area (TPSA) is 84.9 Å². The Kier molecular flexibility index (Phi) is 6.51. The largest absolute Gasteiger partial charge is 0.462 e. The molecule has 0 fully saturated rings.